The third-order valence-corrected chi connectivity index (χ3v) is 4.16. The summed E-state index contributed by atoms with van der Waals surface area (Å²) < 4.78 is 1.75. The third-order valence-electron chi connectivity index (χ3n) is 4.16. The Hall–Kier alpha value is -4.05. The van der Waals surface area contributed by atoms with Crippen LogP contribution in [0.2, 0.25) is 0 Å². The summed E-state index contributed by atoms with van der Waals surface area (Å²) in [6.45, 7) is 0.519. The van der Waals surface area contributed by atoms with Crippen molar-refractivity contribution >= 4 is 17.5 Å². The van der Waals surface area contributed by atoms with Gasteiger partial charge in [-0.3, -0.25) is 35.5 Å². The SMILES string of the molecule is CN(CC(=O)NNC(=O)c1cccc([N+](=O)[O-])c1)Cc1cnn(-c2ccccc2)c1. The molecule has 1 heterocycles. The van der Waals surface area contributed by atoms with Crippen molar-refractivity contribution < 1.29 is 14.5 Å². The number of non-ortho nitro benzene ring substituents is 1. The first kappa shape index (κ1) is 20.7. The largest absolute Gasteiger partial charge is 0.293 e. The number of aromatic nitrogens is 2. The van der Waals surface area contributed by atoms with E-state index in [4.69, 9.17) is 0 Å². The van der Waals surface area contributed by atoms with Gasteiger partial charge in [-0.05, 0) is 25.2 Å². The first-order valence-corrected chi connectivity index (χ1v) is 9.03. The molecule has 0 aliphatic carbocycles. The number of amides is 2. The van der Waals surface area contributed by atoms with E-state index in [1.165, 1.54) is 18.2 Å². The van der Waals surface area contributed by atoms with Crippen LogP contribution in [0.1, 0.15) is 15.9 Å². The summed E-state index contributed by atoms with van der Waals surface area (Å²) in [6, 6.07) is 14.9. The summed E-state index contributed by atoms with van der Waals surface area (Å²) in [5, 5.41) is 15.1. The summed E-state index contributed by atoms with van der Waals surface area (Å²) in [5.41, 5.74) is 6.30. The lowest BCUT2D eigenvalue weighted by Crippen LogP contribution is -2.45. The number of nitrogens with zero attached hydrogens (tertiary/aromatic N) is 4. The normalized spacial score (nSPS) is 10.6. The second-order valence-corrected chi connectivity index (χ2v) is 6.61. The first-order chi connectivity index (χ1) is 14.4. The maximum absolute atomic E-state index is 12.1. The number of likely N-dealkylation sites (N-methyl/N-ethyl adjacent to an activating group) is 1. The van der Waals surface area contributed by atoms with Crippen LogP contribution in [0.3, 0.4) is 0 Å². The van der Waals surface area contributed by atoms with Crippen LogP contribution in [0.25, 0.3) is 5.69 Å². The average Bonchev–Trinajstić information content (AvgIpc) is 3.21. The van der Waals surface area contributed by atoms with Crippen molar-refractivity contribution in [3.05, 3.63) is 88.2 Å². The van der Waals surface area contributed by atoms with Gasteiger partial charge in [-0.15, -0.1) is 0 Å². The smallest absolute Gasteiger partial charge is 0.270 e. The van der Waals surface area contributed by atoms with Crippen molar-refractivity contribution in [1.29, 1.82) is 0 Å². The fourth-order valence-electron chi connectivity index (χ4n) is 2.78. The standard InChI is InChI=1S/C20H20N6O4/c1-24(12-15-11-21-25(13-15)17-7-3-2-4-8-17)14-19(27)22-23-20(28)16-6-5-9-18(10-16)26(29)30/h2-11,13H,12,14H2,1H3,(H,22,27)(H,23,28). The topological polar surface area (TPSA) is 122 Å². The Balaban J connectivity index is 1.48. The molecule has 0 aliphatic heterocycles. The van der Waals surface area contributed by atoms with Gasteiger partial charge >= 0.3 is 0 Å². The molecule has 0 aliphatic rings. The van der Waals surface area contributed by atoms with Crippen molar-refractivity contribution in [3.63, 3.8) is 0 Å². The number of hydrogen-bond donors (Lipinski definition) is 2. The second kappa shape index (κ2) is 9.43. The Labute approximate surface area is 172 Å². The zero-order chi connectivity index (χ0) is 21.5. The average molecular weight is 408 g/mol. The number of nitro groups is 1. The molecule has 1 aromatic heterocycles. The van der Waals surface area contributed by atoms with Gasteiger partial charge in [-0.2, -0.15) is 5.10 Å². The van der Waals surface area contributed by atoms with E-state index in [0.717, 1.165) is 17.3 Å². The molecular weight excluding hydrogens is 388 g/mol. The fraction of sp³-hybridized carbons (Fsp3) is 0.150. The summed E-state index contributed by atoms with van der Waals surface area (Å²) in [6.07, 6.45) is 3.61. The van der Waals surface area contributed by atoms with Crippen LogP contribution in [0.15, 0.2) is 67.0 Å². The van der Waals surface area contributed by atoms with Crippen molar-refractivity contribution in [2.75, 3.05) is 13.6 Å². The van der Waals surface area contributed by atoms with Gasteiger partial charge in [0.05, 0.1) is 23.4 Å². The van der Waals surface area contributed by atoms with E-state index in [-0.39, 0.29) is 17.8 Å². The lowest BCUT2D eigenvalue weighted by Gasteiger charge is -2.15. The number of carbonyl (C=O) groups is 2. The number of para-hydroxylation sites is 1. The van der Waals surface area contributed by atoms with Crippen molar-refractivity contribution in [1.82, 2.24) is 25.5 Å². The summed E-state index contributed by atoms with van der Waals surface area (Å²) in [4.78, 5) is 36.1. The fourth-order valence-corrected chi connectivity index (χ4v) is 2.78. The Morgan fingerprint density at radius 2 is 1.90 bits per heavy atom. The van der Waals surface area contributed by atoms with E-state index in [9.17, 15) is 19.7 Å². The molecule has 0 saturated heterocycles. The second-order valence-electron chi connectivity index (χ2n) is 6.61. The van der Waals surface area contributed by atoms with E-state index in [1.54, 1.807) is 22.8 Å². The number of benzene rings is 2. The van der Waals surface area contributed by atoms with E-state index in [1.807, 2.05) is 36.5 Å². The van der Waals surface area contributed by atoms with Gasteiger partial charge < -0.3 is 0 Å². The maximum Gasteiger partial charge on any atom is 0.270 e. The lowest BCUT2D eigenvalue weighted by atomic mass is 10.2. The molecule has 0 fully saturated rings. The molecule has 0 bridgehead atoms. The van der Waals surface area contributed by atoms with Gasteiger partial charge in [0.2, 0.25) is 0 Å². The summed E-state index contributed by atoms with van der Waals surface area (Å²) in [7, 11) is 1.77. The number of carbonyl (C=O) groups excluding carboxylic acids is 2. The van der Waals surface area contributed by atoms with Crippen LogP contribution < -0.4 is 10.9 Å². The predicted molar refractivity (Wildman–Crippen MR) is 109 cm³/mol. The van der Waals surface area contributed by atoms with Gasteiger partial charge in [0.15, 0.2) is 0 Å². The van der Waals surface area contributed by atoms with E-state index in [0.29, 0.717) is 6.54 Å². The summed E-state index contributed by atoms with van der Waals surface area (Å²) in [5.74, 6) is -1.06. The molecule has 10 nitrogen and oxygen atoms in total. The molecule has 0 unspecified atom stereocenters. The maximum atomic E-state index is 12.1. The number of hydrazine groups is 1. The lowest BCUT2D eigenvalue weighted by molar-refractivity contribution is -0.384. The molecule has 0 atom stereocenters. The minimum Gasteiger partial charge on any atom is -0.293 e. The van der Waals surface area contributed by atoms with Gasteiger partial charge in [0.1, 0.15) is 0 Å². The molecule has 10 heteroatoms. The molecule has 3 aromatic rings. The highest BCUT2D eigenvalue weighted by atomic mass is 16.6. The van der Waals surface area contributed by atoms with E-state index < -0.39 is 16.7 Å². The van der Waals surface area contributed by atoms with Crippen molar-refractivity contribution in [2.24, 2.45) is 0 Å². The van der Waals surface area contributed by atoms with Crippen LogP contribution in [0.4, 0.5) is 5.69 Å². The molecule has 0 spiro atoms. The molecule has 2 N–H and O–H groups in total. The Morgan fingerprint density at radius 3 is 2.63 bits per heavy atom. The Bertz CT molecular complexity index is 1050. The van der Waals surface area contributed by atoms with Crippen LogP contribution in [-0.4, -0.2) is 45.0 Å². The van der Waals surface area contributed by atoms with Crippen LogP contribution in [-0.2, 0) is 11.3 Å². The highest BCUT2D eigenvalue weighted by Crippen LogP contribution is 2.12. The van der Waals surface area contributed by atoms with Gasteiger partial charge in [-0.1, -0.05) is 24.3 Å². The molecule has 2 aromatic carbocycles. The highest BCUT2D eigenvalue weighted by Gasteiger charge is 2.13. The van der Waals surface area contributed by atoms with Crippen molar-refractivity contribution in [3.8, 4) is 5.69 Å². The molecule has 3 rings (SSSR count). The number of nitro benzene ring substituents is 1. The van der Waals surface area contributed by atoms with Crippen molar-refractivity contribution in [2.45, 2.75) is 6.54 Å². The van der Waals surface area contributed by atoms with Gasteiger partial charge in [0, 0.05) is 36.0 Å². The molecular formula is C20H20N6O4. The molecule has 2 amide bonds. The Kier molecular flexibility index (Phi) is 6.50. The first-order valence-electron chi connectivity index (χ1n) is 9.03. The quantitative estimate of drug-likeness (QED) is 0.453. The predicted octanol–water partition coefficient (Wildman–Crippen LogP) is 1.67. The van der Waals surface area contributed by atoms with Gasteiger partial charge in [-0.25, -0.2) is 4.68 Å². The third kappa shape index (κ3) is 5.49. The van der Waals surface area contributed by atoms with Crippen LogP contribution >= 0.6 is 0 Å². The molecule has 30 heavy (non-hydrogen) atoms. The zero-order valence-corrected chi connectivity index (χ0v) is 16.2. The number of hydrogen-bond acceptors (Lipinski definition) is 6. The van der Waals surface area contributed by atoms with E-state index in [2.05, 4.69) is 16.0 Å². The minimum atomic E-state index is -0.640. The number of nitrogens with one attached hydrogen (secondary N) is 2. The minimum absolute atomic E-state index is 0.0335. The Morgan fingerprint density at radius 1 is 1.13 bits per heavy atom. The van der Waals surface area contributed by atoms with Crippen LogP contribution in [0.5, 0.6) is 0 Å². The van der Waals surface area contributed by atoms with E-state index >= 15 is 0 Å². The monoisotopic (exact) mass is 408 g/mol. The molecule has 0 saturated carbocycles. The molecule has 0 radical (unpaired) electrons. The summed E-state index contributed by atoms with van der Waals surface area (Å²) >= 11 is 0. The zero-order valence-electron chi connectivity index (χ0n) is 16.2. The number of rotatable bonds is 7. The van der Waals surface area contributed by atoms with Gasteiger partial charge in [0.25, 0.3) is 17.5 Å². The molecule has 154 valence electrons. The van der Waals surface area contributed by atoms with Crippen LogP contribution in [0, 0.1) is 10.1 Å². The highest BCUT2D eigenvalue weighted by molar-refractivity contribution is 5.96.